The Morgan fingerprint density at radius 1 is 1.10 bits per heavy atom. The van der Waals surface area contributed by atoms with Crippen molar-refractivity contribution in [3.05, 3.63) is 65.7 Å². The Labute approximate surface area is 117 Å². The van der Waals surface area contributed by atoms with Crippen LogP contribution in [0.1, 0.15) is 15.9 Å². The molecule has 2 aromatic carbocycles. The van der Waals surface area contributed by atoms with E-state index >= 15 is 0 Å². The van der Waals surface area contributed by atoms with Crippen molar-refractivity contribution in [3.63, 3.8) is 0 Å². The number of ether oxygens (including phenoxy) is 1. The van der Waals surface area contributed by atoms with Gasteiger partial charge in [-0.1, -0.05) is 36.4 Å². The lowest BCUT2D eigenvalue weighted by Gasteiger charge is -2.31. The van der Waals surface area contributed by atoms with Crippen molar-refractivity contribution in [1.29, 1.82) is 0 Å². The number of carbonyl (C=O) groups excluding carboxylic acids is 1. The minimum atomic E-state index is -1.43. The van der Waals surface area contributed by atoms with Gasteiger partial charge in [0.2, 0.25) is 5.72 Å². The fourth-order valence-corrected chi connectivity index (χ4v) is 2.42. The minimum absolute atomic E-state index is 0.00370. The van der Waals surface area contributed by atoms with E-state index in [4.69, 9.17) is 4.74 Å². The maximum absolute atomic E-state index is 12.1. The van der Waals surface area contributed by atoms with E-state index in [-0.39, 0.29) is 12.5 Å². The molecule has 0 bridgehead atoms. The molecular formula is C16H15NO3. The number of hydrogen-bond acceptors (Lipinski definition) is 3. The average molecular weight is 269 g/mol. The molecule has 20 heavy (non-hydrogen) atoms. The third-order valence-corrected chi connectivity index (χ3v) is 3.63. The van der Waals surface area contributed by atoms with Crippen LogP contribution in [0, 0.1) is 0 Å². The molecule has 1 aliphatic rings. The standard InChI is InChI=1S/C16H15NO3/c1-17-15(18)13-9-5-6-10-14(13)16(17,19)11-20-12-7-3-2-4-8-12/h2-10,19H,11H2,1H3. The van der Waals surface area contributed by atoms with Crippen molar-refractivity contribution in [3.8, 4) is 5.75 Å². The number of amides is 1. The Morgan fingerprint density at radius 3 is 2.50 bits per heavy atom. The molecular weight excluding hydrogens is 254 g/mol. The Morgan fingerprint density at radius 2 is 1.75 bits per heavy atom. The molecule has 1 unspecified atom stereocenters. The number of benzene rings is 2. The van der Waals surface area contributed by atoms with Gasteiger partial charge in [0.25, 0.3) is 5.91 Å². The zero-order valence-corrected chi connectivity index (χ0v) is 11.1. The second kappa shape index (κ2) is 4.65. The van der Waals surface area contributed by atoms with Crippen LogP contribution in [0.3, 0.4) is 0 Å². The number of aliphatic hydroxyl groups is 1. The SMILES string of the molecule is CN1C(=O)c2ccccc2C1(O)COc1ccccc1. The molecule has 4 heteroatoms. The normalized spacial score (nSPS) is 20.9. The van der Waals surface area contributed by atoms with Crippen LogP contribution in [0.15, 0.2) is 54.6 Å². The van der Waals surface area contributed by atoms with Gasteiger partial charge in [0, 0.05) is 18.2 Å². The van der Waals surface area contributed by atoms with Crippen LogP contribution in [-0.4, -0.2) is 29.6 Å². The maximum Gasteiger partial charge on any atom is 0.256 e. The lowest BCUT2D eigenvalue weighted by Crippen LogP contribution is -2.45. The summed E-state index contributed by atoms with van der Waals surface area (Å²) in [6.07, 6.45) is 0. The number of para-hydroxylation sites is 1. The van der Waals surface area contributed by atoms with Crippen LogP contribution >= 0.6 is 0 Å². The number of likely N-dealkylation sites (N-methyl/N-ethyl adjacent to an activating group) is 1. The average Bonchev–Trinajstić information content (AvgIpc) is 2.69. The van der Waals surface area contributed by atoms with E-state index in [1.807, 2.05) is 30.3 Å². The summed E-state index contributed by atoms with van der Waals surface area (Å²) in [4.78, 5) is 13.5. The quantitative estimate of drug-likeness (QED) is 0.927. The molecule has 0 aromatic heterocycles. The molecule has 3 rings (SSSR count). The summed E-state index contributed by atoms with van der Waals surface area (Å²) in [6, 6.07) is 16.3. The zero-order chi connectivity index (χ0) is 14.2. The Kier molecular flexibility index (Phi) is 2.95. The summed E-state index contributed by atoms with van der Waals surface area (Å²) in [5, 5.41) is 10.8. The van der Waals surface area contributed by atoms with E-state index in [2.05, 4.69) is 0 Å². The third-order valence-electron chi connectivity index (χ3n) is 3.63. The number of rotatable bonds is 3. The molecule has 0 radical (unpaired) electrons. The summed E-state index contributed by atoms with van der Waals surface area (Å²) >= 11 is 0. The first-order valence-corrected chi connectivity index (χ1v) is 6.41. The van der Waals surface area contributed by atoms with Gasteiger partial charge in [-0.05, 0) is 18.2 Å². The van der Waals surface area contributed by atoms with Gasteiger partial charge in [-0.25, -0.2) is 0 Å². The lowest BCUT2D eigenvalue weighted by molar-refractivity contribution is -0.100. The fourth-order valence-electron chi connectivity index (χ4n) is 2.42. The van der Waals surface area contributed by atoms with E-state index in [1.54, 1.807) is 31.3 Å². The highest BCUT2D eigenvalue weighted by Crippen LogP contribution is 2.36. The highest BCUT2D eigenvalue weighted by Gasteiger charge is 2.47. The molecule has 1 amide bonds. The fraction of sp³-hybridized carbons (Fsp3) is 0.188. The van der Waals surface area contributed by atoms with E-state index in [0.29, 0.717) is 16.9 Å². The van der Waals surface area contributed by atoms with Gasteiger partial charge in [-0.3, -0.25) is 4.79 Å². The Bertz CT molecular complexity index is 641. The van der Waals surface area contributed by atoms with Gasteiger partial charge in [0.15, 0.2) is 0 Å². The molecule has 0 saturated heterocycles. The van der Waals surface area contributed by atoms with Crippen molar-refractivity contribution in [1.82, 2.24) is 4.90 Å². The van der Waals surface area contributed by atoms with Crippen molar-refractivity contribution in [2.75, 3.05) is 13.7 Å². The van der Waals surface area contributed by atoms with Gasteiger partial charge in [-0.15, -0.1) is 0 Å². The monoisotopic (exact) mass is 269 g/mol. The molecule has 1 N–H and O–H groups in total. The van der Waals surface area contributed by atoms with E-state index in [1.165, 1.54) is 4.90 Å². The highest BCUT2D eigenvalue weighted by atomic mass is 16.5. The maximum atomic E-state index is 12.1. The predicted molar refractivity (Wildman–Crippen MR) is 74.4 cm³/mol. The van der Waals surface area contributed by atoms with E-state index < -0.39 is 5.72 Å². The summed E-state index contributed by atoms with van der Waals surface area (Å²) in [7, 11) is 1.58. The van der Waals surface area contributed by atoms with Crippen molar-refractivity contribution in [2.24, 2.45) is 0 Å². The van der Waals surface area contributed by atoms with Gasteiger partial charge >= 0.3 is 0 Å². The molecule has 4 nitrogen and oxygen atoms in total. The molecule has 0 spiro atoms. The van der Waals surface area contributed by atoms with Crippen molar-refractivity contribution >= 4 is 5.91 Å². The molecule has 1 heterocycles. The Balaban J connectivity index is 1.90. The largest absolute Gasteiger partial charge is 0.488 e. The van der Waals surface area contributed by atoms with Crippen LogP contribution < -0.4 is 4.74 Å². The van der Waals surface area contributed by atoms with Gasteiger partial charge < -0.3 is 14.7 Å². The van der Waals surface area contributed by atoms with E-state index in [9.17, 15) is 9.90 Å². The van der Waals surface area contributed by atoms with Crippen LogP contribution in [0.2, 0.25) is 0 Å². The van der Waals surface area contributed by atoms with Crippen molar-refractivity contribution < 1.29 is 14.6 Å². The number of carbonyl (C=O) groups is 1. The minimum Gasteiger partial charge on any atom is -0.488 e. The molecule has 0 fully saturated rings. The highest BCUT2D eigenvalue weighted by molar-refractivity contribution is 5.99. The van der Waals surface area contributed by atoms with Gasteiger partial charge in [0.1, 0.15) is 12.4 Å². The smallest absolute Gasteiger partial charge is 0.256 e. The third kappa shape index (κ3) is 1.85. The summed E-state index contributed by atoms with van der Waals surface area (Å²) in [5.41, 5.74) is -0.318. The van der Waals surface area contributed by atoms with Crippen LogP contribution in [0.5, 0.6) is 5.75 Å². The molecule has 0 aliphatic carbocycles. The first-order valence-electron chi connectivity index (χ1n) is 6.41. The molecule has 0 saturated carbocycles. The molecule has 1 atom stereocenters. The topological polar surface area (TPSA) is 49.8 Å². The first-order chi connectivity index (χ1) is 9.63. The van der Waals surface area contributed by atoms with Crippen LogP contribution in [0.25, 0.3) is 0 Å². The molecule has 102 valence electrons. The van der Waals surface area contributed by atoms with E-state index in [0.717, 1.165) is 0 Å². The first kappa shape index (κ1) is 12.7. The van der Waals surface area contributed by atoms with Gasteiger partial charge in [-0.2, -0.15) is 0 Å². The van der Waals surface area contributed by atoms with Gasteiger partial charge in [0.05, 0.1) is 0 Å². The molecule has 1 aliphatic heterocycles. The number of nitrogens with zero attached hydrogens (tertiary/aromatic N) is 1. The zero-order valence-electron chi connectivity index (χ0n) is 11.1. The number of hydrogen-bond donors (Lipinski definition) is 1. The van der Waals surface area contributed by atoms with Crippen LogP contribution in [0.4, 0.5) is 0 Å². The summed E-state index contributed by atoms with van der Waals surface area (Å²) in [6.45, 7) is -0.00370. The molecule has 2 aromatic rings. The predicted octanol–water partition coefficient (Wildman–Crippen LogP) is 2.00. The second-order valence-corrected chi connectivity index (χ2v) is 4.83. The van der Waals surface area contributed by atoms with Crippen molar-refractivity contribution in [2.45, 2.75) is 5.72 Å². The summed E-state index contributed by atoms with van der Waals surface area (Å²) < 4.78 is 5.62. The lowest BCUT2D eigenvalue weighted by atomic mass is 10.0. The van der Waals surface area contributed by atoms with Crippen LogP contribution in [-0.2, 0) is 5.72 Å². The number of fused-ring (bicyclic) bond motifs is 1. The summed E-state index contributed by atoms with van der Waals surface area (Å²) in [5.74, 6) is 0.464. The second-order valence-electron chi connectivity index (χ2n) is 4.83. The Hall–Kier alpha value is -2.33.